The van der Waals surface area contributed by atoms with Crippen LogP contribution in [0.1, 0.15) is 44.0 Å². The van der Waals surface area contributed by atoms with E-state index >= 15 is 0 Å². The molecule has 5 heteroatoms. The molecule has 2 N–H and O–H groups in total. The number of amides is 1. The van der Waals surface area contributed by atoms with Crippen LogP contribution in [0.2, 0.25) is 0 Å². The topological polar surface area (TPSA) is 67.0 Å². The first kappa shape index (κ1) is 14.1. The molecule has 0 saturated carbocycles. The first-order valence-corrected chi connectivity index (χ1v) is 7.51. The highest BCUT2D eigenvalue weighted by atomic mass is 16.5. The van der Waals surface area contributed by atoms with E-state index in [4.69, 9.17) is 4.74 Å². The Morgan fingerprint density at radius 1 is 1.52 bits per heavy atom. The molecule has 112 valence electrons. The zero-order valence-electron chi connectivity index (χ0n) is 12.5. The number of aromatic nitrogens is 2. The van der Waals surface area contributed by atoms with Gasteiger partial charge in [-0.05, 0) is 30.5 Å². The van der Waals surface area contributed by atoms with Gasteiger partial charge in [-0.3, -0.25) is 4.79 Å². The van der Waals surface area contributed by atoms with Gasteiger partial charge in [0.2, 0.25) is 5.91 Å². The Kier molecular flexibility index (Phi) is 3.92. The van der Waals surface area contributed by atoms with Crippen LogP contribution in [0.4, 0.5) is 0 Å². The van der Waals surface area contributed by atoms with E-state index in [0.717, 1.165) is 35.3 Å². The molecule has 2 heterocycles. The second-order valence-corrected chi connectivity index (χ2v) is 5.85. The van der Waals surface area contributed by atoms with Gasteiger partial charge < -0.3 is 15.0 Å². The van der Waals surface area contributed by atoms with Gasteiger partial charge in [0.05, 0.1) is 11.0 Å². The van der Waals surface area contributed by atoms with Gasteiger partial charge in [-0.25, -0.2) is 4.98 Å². The zero-order chi connectivity index (χ0) is 14.8. The molecule has 1 saturated heterocycles. The van der Waals surface area contributed by atoms with Gasteiger partial charge in [-0.1, -0.05) is 19.9 Å². The molecule has 0 spiro atoms. The number of aromatic amines is 1. The Hall–Kier alpha value is -1.88. The van der Waals surface area contributed by atoms with Crippen molar-refractivity contribution in [2.75, 3.05) is 6.61 Å². The van der Waals surface area contributed by atoms with Crippen molar-refractivity contribution in [1.29, 1.82) is 0 Å². The van der Waals surface area contributed by atoms with Gasteiger partial charge in [0, 0.05) is 19.1 Å². The number of nitrogens with one attached hydrogen (secondary N) is 2. The second kappa shape index (κ2) is 5.85. The predicted molar refractivity (Wildman–Crippen MR) is 81.0 cm³/mol. The third-order valence-electron chi connectivity index (χ3n) is 3.80. The maximum atomic E-state index is 11.9. The molecule has 1 fully saturated rings. The summed E-state index contributed by atoms with van der Waals surface area (Å²) in [5.41, 5.74) is 3.04. The molecular formula is C16H21N3O2. The molecule has 1 aliphatic heterocycles. The van der Waals surface area contributed by atoms with Crippen molar-refractivity contribution < 1.29 is 9.53 Å². The van der Waals surface area contributed by atoms with Crippen molar-refractivity contribution in [2.45, 2.75) is 45.3 Å². The number of ether oxygens (including phenoxy) is 1. The van der Waals surface area contributed by atoms with E-state index in [2.05, 4.69) is 29.1 Å². The standard InChI is InChI=1S/C16H21N3O2/c1-10(2)15-18-12-6-5-11(8-13(12)19-15)9-17-16(20)14-4-3-7-21-14/h5-6,8,10,14H,3-4,7,9H2,1-2H3,(H,17,20)(H,18,19). The average Bonchev–Trinajstić information content (AvgIpc) is 3.13. The summed E-state index contributed by atoms with van der Waals surface area (Å²) in [7, 11) is 0. The van der Waals surface area contributed by atoms with Crippen molar-refractivity contribution in [2.24, 2.45) is 0 Å². The number of imidazole rings is 1. The summed E-state index contributed by atoms with van der Waals surface area (Å²) >= 11 is 0. The lowest BCUT2D eigenvalue weighted by Crippen LogP contribution is -2.33. The second-order valence-electron chi connectivity index (χ2n) is 5.85. The fraction of sp³-hybridized carbons (Fsp3) is 0.500. The van der Waals surface area contributed by atoms with E-state index in [1.54, 1.807) is 0 Å². The van der Waals surface area contributed by atoms with Gasteiger partial charge in [0.25, 0.3) is 0 Å². The number of hydrogen-bond acceptors (Lipinski definition) is 3. The number of hydrogen-bond donors (Lipinski definition) is 2. The minimum atomic E-state index is -0.270. The number of benzene rings is 1. The quantitative estimate of drug-likeness (QED) is 0.908. The summed E-state index contributed by atoms with van der Waals surface area (Å²) in [5.74, 6) is 1.35. The minimum Gasteiger partial charge on any atom is -0.368 e. The largest absolute Gasteiger partial charge is 0.368 e. The van der Waals surface area contributed by atoms with E-state index in [-0.39, 0.29) is 12.0 Å². The van der Waals surface area contributed by atoms with Crippen LogP contribution in [-0.2, 0) is 16.1 Å². The van der Waals surface area contributed by atoms with E-state index < -0.39 is 0 Å². The number of rotatable bonds is 4. The Balaban J connectivity index is 1.67. The molecule has 0 radical (unpaired) electrons. The lowest BCUT2D eigenvalue weighted by atomic mass is 10.2. The highest BCUT2D eigenvalue weighted by Gasteiger charge is 2.23. The van der Waals surface area contributed by atoms with Gasteiger partial charge >= 0.3 is 0 Å². The molecule has 1 amide bonds. The lowest BCUT2D eigenvalue weighted by molar-refractivity contribution is -0.130. The van der Waals surface area contributed by atoms with E-state index in [0.29, 0.717) is 19.1 Å². The average molecular weight is 287 g/mol. The molecule has 1 aromatic carbocycles. The number of carbonyl (C=O) groups excluding carboxylic acids is 1. The summed E-state index contributed by atoms with van der Waals surface area (Å²) < 4.78 is 5.37. The fourth-order valence-electron chi connectivity index (χ4n) is 2.55. The highest BCUT2D eigenvalue weighted by molar-refractivity contribution is 5.81. The van der Waals surface area contributed by atoms with Gasteiger partial charge in [-0.15, -0.1) is 0 Å². The maximum Gasteiger partial charge on any atom is 0.249 e. The lowest BCUT2D eigenvalue weighted by Gasteiger charge is -2.10. The van der Waals surface area contributed by atoms with E-state index in [9.17, 15) is 4.79 Å². The van der Waals surface area contributed by atoms with Crippen LogP contribution >= 0.6 is 0 Å². The van der Waals surface area contributed by atoms with Crippen LogP contribution in [0.3, 0.4) is 0 Å². The smallest absolute Gasteiger partial charge is 0.249 e. The monoisotopic (exact) mass is 287 g/mol. The van der Waals surface area contributed by atoms with Gasteiger partial charge in [-0.2, -0.15) is 0 Å². The van der Waals surface area contributed by atoms with E-state index in [1.165, 1.54) is 0 Å². The number of fused-ring (bicyclic) bond motifs is 1. The van der Waals surface area contributed by atoms with Crippen LogP contribution in [0.25, 0.3) is 11.0 Å². The number of H-pyrrole nitrogens is 1. The maximum absolute atomic E-state index is 11.9. The molecule has 1 aliphatic rings. The molecule has 0 aliphatic carbocycles. The Labute approximate surface area is 124 Å². The molecule has 1 aromatic heterocycles. The SMILES string of the molecule is CC(C)c1nc2ccc(CNC(=O)C3CCCO3)cc2[nH]1. The summed E-state index contributed by atoms with van der Waals surface area (Å²) in [6.07, 6.45) is 1.52. The van der Waals surface area contributed by atoms with Crippen molar-refractivity contribution in [3.63, 3.8) is 0 Å². The van der Waals surface area contributed by atoms with Crippen LogP contribution in [0, 0.1) is 0 Å². The summed E-state index contributed by atoms with van der Waals surface area (Å²) in [6.45, 7) is 5.43. The number of carbonyl (C=O) groups is 1. The molecular weight excluding hydrogens is 266 g/mol. The summed E-state index contributed by atoms with van der Waals surface area (Å²) in [5, 5.41) is 2.94. The van der Waals surface area contributed by atoms with Crippen LogP contribution in [-0.4, -0.2) is 28.6 Å². The molecule has 5 nitrogen and oxygen atoms in total. The number of nitrogens with zero attached hydrogens (tertiary/aromatic N) is 1. The van der Waals surface area contributed by atoms with Crippen LogP contribution in [0.5, 0.6) is 0 Å². The highest BCUT2D eigenvalue weighted by Crippen LogP contribution is 2.18. The third-order valence-corrected chi connectivity index (χ3v) is 3.80. The minimum absolute atomic E-state index is 0.0138. The molecule has 3 rings (SSSR count). The molecule has 21 heavy (non-hydrogen) atoms. The van der Waals surface area contributed by atoms with Crippen molar-refractivity contribution in [3.05, 3.63) is 29.6 Å². The van der Waals surface area contributed by atoms with Gasteiger partial charge in [0.15, 0.2) is 0 Å². The molecule has 0 bridgehead atoms. The van der Waals surface area contributed by atoms with Crippen molar-refractivity contribution in [1.82, 2.24) is 15.3 Å². The van der Waals surface area contributed by atoms with Crippen LogP contribution in [0.15, 0.2) is 18.2 Å². The molecule has 1 atom stereocenters. The fourth-order valence-corrected chi connectivity index (χ4v) is 2.55. The summed E-state index contributed by atoms with van der Waals surface area (Å²) in [4.78, 5) is 19.8. The molecule has 1 unspecified atom stereocenters. The normalized spacial score (nSPS) is 18.5. The Bertz CT molecular complexity index is 642. The van der Waals surface area contributed by atoms with Crippen LogP contribution < -0.4 is 5.32 Å². The van der Waals surface area contributed by atoms with Crippen molar-refractivity contribution in [3.8, 4) is 0 Å². The first-order chi connectivity index (χ1) is 10.1. The molecule has 2 aromatic rings. The van der Waals surface area contributed by atoms with Gasteiger partial charge in [0.1, 0.15) is 11.9 Å². The summed E-state index contributed by atoms with van der Waals surface area (Å²) in [6, 6.07) is 6.04. The van der Waals surface area contributed by atoms with Crippen molar-refractivity contribution >= 4 is 16.9 Å². The Morgan fingerprint density at radius 3 is 3.10 bits per heavy atom. The predicted octanol–water partition coefficient (Wildman–Crippen LogP) is 2.48. The third kappa shape index (κ3) is 3.08. The zero-order valence-corrected chi connectivity index (χ0v) is 12.5. The first-order valence-electron chi connectivity index (χ1n) is 7.51. The van der Waals surface area contributed by atoms with E-state index in [1.807, 2.05) is 18.2 Å². The Morgan fingerprint density at radius 2 is 2.38 bits per heavy atom.